The maximum Gasteiger partial charge on any atom is 0.416 e. The molecule has 37 heavy (non-hydrogen) atoms. The summed E-state index contributed by atoms with van der Waals surface area (Å²) in [5.41, 5.74) is -0.996. The lowest BCUT2D eigenvalue weighted by Gasteiger charge is -2.47. The van der Waals surface area contributed by atoms with Gasteiger partial charge in [0.15, 0.2) is 5.79 Å². The lowest BCUT2D eigenvalue weighted by atomic mass is 9.83. The van der Waals surface area contributed by atoms with Crippen LogP contribution in [-0.4, -0.2) is 42.7 Å². The van der Waals surface area contributed by atoms with Crippen LogP contribution in [0, 0.1) is 5.82 Å². The van der Waals surface area contributed by atoms with Gasteiger partial charge in [0.1, 0.15) is 17.2 Å². The normalized spacial score (nSPS) is 26.5. The summed E-state index contributed by atoms with van der Waals surface area (Å²) >= 11 is 0. The Bertz CT molecular complexity index is 1240. The highest BCUT2D eigenvalue weighted by Gasteiger charge is 2.59. The van der Waals surface area contributed by atoms with Crippen LogP contribution in [0.1, 0.15) is 34.7 Å². The Labute approximate surface area is 212 Å². The number of morpholine rings is 1. The number of halogens is 4. The molecule has 3 atom stereocenters. The molecule has 3 unspecified atom stereocenters. The van der Waals surface area contributed by atoms with Gasteiger partial charge in [-0.05, 0) is 41.5 Å². The second kappa shape index (κ2) is 9.72. The molecule has 3 aromatic rings. The van der Waals surface area contributed by atoms with Gasteiger partial charge in [0.05, 0.1) is 31.9 Å². The van der Waals surface area contributed by atoms with Gasteiger partial charge < -0.3 is 19.3 Å². The van der Waals surface area contributed by atoms with Crippen molar-refractivity contribution in [1.82, 2.24) is 4.90 Å². The fourth-order valence-corrected chi connectivity index (χ4v) is 5.36. The fraction of sp³-hybridized carbons (Fsp3) is 0.357. The Morgan fingerprint density at radius 2 is 1.76 bits per heavy atom. The van der Waals surface area contributed by atoms with Crippen LogP contribution in [0.3, 0.4) is 0 Å². The minimum Gasteiger partial charge on any atom is -0.496 e. The number of benzene rings is 3. The van der Waals surface area contributed by atoms with Crippen molar-refractivity contribution in [2.24, 2.45) is 0 Å². The summed E-state index contributed by atoms with van der Waals surface area (Å²) < 4.78 is 72.1. The lowest BCUT2D eigenvalue weighted by Crippen LogP contribution is -2.54. The molecular weight excluding hydrogens is 490 g/mol. The van der Waals surface area contributed by atoms with E-state index in [0.29, 0.717) is 18.7 Å². The second-order valence-electron chi connectivity index (χ2n) is 9.48. The molecule has 0 saturated carbocycles. The van der Waals surface area contributed by atoms with Gasteiger partial charge in [0.25, 0.3) is 0 Å². The molecule has 196 valence electrons. The van der Waals surface area contributed by atoms with Crippen LogP contribution < -0.4 is 4.74 Å². The van der Waals surface area contributed by atoms with Crippen LogP contribution in [-0.2, 0) is 27.8 Å². The predicted molar refractivity (Wildman–Crippen MR) is 127 cm³/mol. The van der Waals surface area contributed by atoms with E-state index < -0.39 is 35.0 Å². The second-order valence-corrected chi connectivity index (χ2v) is 9.48. The summed E-state index contributed by atoms with van der Waals surface area (Å²) in [6, 6.07) is 18.2. The summed E-state index contributed by atoms with van der Waals surface area (Å²) in [6.45, 7) is 1.04. The Morgan fingerprint density at radius 1 is 1.03 bits per heavy atom. The first-order valence-corrected chi connectivity index (χ1v) is 11.9. The van der Waals surface area contributed by atoms with Gasteiger partial charge in [-0.2, -0.15) is 13.2 Å². The average Bonchev–Trinajstić information content (AvgIpc) is 3.22. The maximum absolute atomic E-state index is 13.8. The van der Waals surface area contributed by atoms with Crippen molar-refractivity contribution < 1.29 is 36.9 Å². The van der Waals surface area contributed by atoms with E-state index in [4.69, 9.17) is 14.2 Å². The Morgan fingerprint density at radius 3 is 2.43 bits per heavy atom. The highest BCUT2D eigenvalue weighted by Crippen LogP contribution is 2.52. The van der Waals surface area contributed by atoms with Crippen molar-refractivity contribution >= 4 is 0 Å². The standard InChI is InChI=1S/C28H27F4NO4/c1-35-24-12-9-21(28(30,31)32)15-23(24)26(34)17-27(37-18-26)25(20-7-10-22(29)11-8-20)33(13-14-36-27)16-19-5-3-2-4-6-19/h2-12,15,25,34H,13-14,16-18H2,1H3. The SMILES string of the molecule is COc1ccc(C(F)(F)F)cc1C1(O)COC2(C1)OCCN(Cc1ccccc1)C2c1ccc(F)cc1. The highest BCUT2D eigenvalue weighted by atomic mass is 19.4. The van der Waals surface area contributed by atoms with Crippen LogP contribution >= 0.6 is 0 Å². The van der Waals surface area contributed by atoms with Crippen molar-refractivity contribution in [1.29, 1.82) is 0 Å². The summed E-state index contributed by atoms with van der Waals surface area (Å²) in [4.78, 5) is 2.13. The Hall–Kier alpha value is -2.98. The van der Waals surface area contributed by atoms with E-state index in [1.54, 1.807) is 12.1 Å². The van der Waals surface area contributed by atoms with Crippen molar-refractivity contribution in [3.8, 4) is 5.75 Å². The first kappa shape index (κ1) is 25.7. The molecule has 2 aliphatic heterocycles. The molecule has 1 N–H and O–H groups in total. The number of aliphatic hydroxyl groups is 1. The summed E-state index contributed by atoms with van der Waals surface area (Å²) in [6.07, 6.45) is -4.75. The summed E-state index contributed by atoms with van der Waals surface area (Å²) in [7, 11) is 1.33. The Kier molecular flexibility index (Phi) is 6.74. The van der Waals surface area contributed by atoms with E-state index in [-0.39, 0.29) is 30.9 Å². The quantitative estimate of drug-likeness (QED) is 0.458. The molecule has 0 aliphatic carbocycles. The third-order valence-electron chi connectivity index (χ3n) is 7.04. The highest BCUT2D eigenvalue weighted by molar-refractivity contribution is 5.43. The number of rotatable bonds is 5. The number of nitrogens with zero attached hydrogens (tertiary/aromatic N) is 1. The van der Waals surface area contributed by atoms with Crippen LogP contribution in [0.4, 0.5) is 17.6 Å². The molecule has 2 heterocycles. The fourth-order valence-electron chi connectivity index (χ4n) is 5.36. The minimum absolute atomic E-state index is 0.0247. The first-order chi connectivity index (χ1) is 17.6. The van der Waals surface area contributed by atoms with E-state index in [9.17, 15) is 22.7 Å². The van der Waals surface area contributed by atoms with E-state index >= 15 is 0 Å². The van der Waals surface area contributed by atoms with Crippen molar-refractivity contribution in [2.45, 2.75) is 36.6 Å². The molecule has 0 amide bonds. The van der Waals surface area contributed by atoms with Crippen LogP contribution in [0.2, 0.25) is 0 Å². The smallest absolute Gasteiger partial charge is 0.416 e. The van der Waals surface area contributed by atoms with E-state index in [2.05, 4.69) is 4.90 Å². The Balaban J connectivity index is 1.55. The average molecular weight is 518 g/mol. The lowest BCUT2D eigenvalue weighted by molar-refractivity contribution is -0.276. The molecule has 0 bridgehead atoms. The van der Waals surface area contributed by atoms with E-state index in [0.717, 1.165) is 17.7 Å². The molecule has 0 aromatic heterocycles. The van der Waals surface area contributed by atoms with Gasteiger partial charge in [0, 0.05) is 25.1 Å². The molecule has 9 heteroatoms. The molecule has 2 saturated heterocycles. The molecule has 3 aromatic carbocycles. The van der Waals surface area contributed by atoms with Gasteiger partial charge in [-0.3, -0.25) is 4.90 Å². The molecule has 2 fully saturated rings. The van der Waals surface area contributed by atoms with Gasteiger partial charge in [-0.1, -0.05) is 42.5 Å². The topological polar surface area (TPSA) is 51.2 Å². The zero-order valence-electron chi connectivity index (χ0n) is 20.2. The third kappa shape index (κ3) is 4.96. The van der Waals surface area contributed by atoms with Gasteiger partial charge in [-0.15, -0.1) is 0 Å². The number of alkyl halides is 3. The van der Waals surface area contributed by atoms with Gasteiger partial charge in [-0.25, -0.2) is 4.39 Å². The molecule has 2 aliphatic rings. The van der Waals surface area contributed by atoms with E-state index in [1.165, 1.54) is 25.3 Å². The maximum atomic E-state index is 13.8. The molecular formula is C28H27F4NO4. The molecule has 1 spiro atoms. The third-order valence-corrected chi connectivity index (χ3v) is 7.04. The first-order valence-electron chi connectivity index (χ1n) is 11.9. The van der Waals surface area contributed by atoms with Crippen molar-refractivity contribution in [3.05, 3.63) is 101 Å². The van der Waals surface area contributed by atoms with Crippen molar-refractivity contribution in [3.63, 3.8) is 0 Å². The number of ether oxygens (including phenoxy) is 3. The van der Waals surface area contributed by atoms with Gasteiger partial charge >= 0.3 is 6.18 Å². The summed E-state index contributed by atoms with van der Waals surface area (Å²) in [5, 5.41) is 11.7. The zero-order valence-corrected chi connectivity index (χ0v) is 20.2. The molecule has 5 nitrogen and oxygen atoms in total. The van der Waals surface area contributed by atoms with Gasteiger partial charge in [0.2, 0.25) is 0 Å². The molecule has 0 radical (unpaired) electrons. The van der Waals surface area contributed by atoms with E-state index in [1.807, 2.05) is 30.3 Å². The summed E-state index contributed by atoms with van der Waals surface area (Å²) in [5.74, 6) is -1.67. The number of hydrogen-bond donors (Lipinski definition) is 1. The number of methoxy groups -OCH3 is 1. The van der Waals surface area contributed by atoms with Crippen LogP contribution in [0.5, 0.6) is 5.75 Å². The zero-order chi connectivity index (χ0) is 26.3. The molecule has 5 rings (SSSR count). The predicted octanol–water partition coefficient (Wildman–Crippen LogP) is 5.43. The largest absolute Gasteiger partial charge is 0.496 e. The van der Waals surface area contributed by atoms with Crippen molar-refractivity contribution in [2.75, 3.05) is 26.9 Å². The monoisotopic (exact) mass is 517 g/mol. The van der Waals surface area contributed by atoms with Crippen LogP contribution in [0.15, 0.2) is 72.8 Å². The number of hydrogen-bond acceptors (Lipinski definition) is 5. The minimum atomic E-state index is -4.60. The van der Waals surface area contributed by atoms with Crippen LogP contribution in [0.25, 0.3) is 0 Å².